The van der Waals surface area contributed by atoms with Gasteiger partial charge in [-0.2, -0.15) is 0 Å². The van der Waals surface area contributed by atoms with Crippen molar-refractivity contribution in [3.8, 4) is 11.5 Å². The first kappa shape index (κ1) is 13.9. The van der Waals surface area contributed by atoms with Crippen LogP contribution < -0.4 is 15.2 Å². The van der Waals surface area contributed by atoms with Crippen LogP contribution in [0, 0.1) is 5.41 Å². The monoisotopic (exact) mass is 270 g/mol. The molecule has 0 amide bonds. The van der Waals surface area contributed by atoms with Crippen LogP contribution in [0.5, 0.6) is 11.5 Å². The maximum Gasteiger partial charge on any atom is 0.123 e. The zero-order valence-electron chi connectivity index (χ0n) is 11.4. The minimum Gasteiger partial charge on any atom is -0.497 e. The van der Waals surface area contributed by atoms with Gasteiger partial charge in [0.25, 0.3) is 0 Å². The van der Waals surface area contributed by atoms with Crippen molar-refractivity contribution < 1.29 is 9.47 Å². The summed E-state index contributed by atoms with van der Waals surface area (Å²) in [5, 5.41) is 7.48. The Morgan fingerprint density at radius 3 is 2.45 bits per heavy atom. The van der Waals surface area contributed by atoms with Crippen molar-refractivity contribution >= 4 is 5.84 Å². The molecule has 0 spiro atoms. The van der Waals surface area contributed by atoms with E-state index in [0.29, 0.717) is 23.7 Å². The molecule has 0 saturated heterocycles. The topological polar surface area (TPSA) is 68.3 Å². The molecule has 2 rings (SSSR count). The summed E-state index contributed by atoms with van der Waals surface area (Å²) in [6.07, 6.45) is 0.827. The highest BCUT2D eigenvalue weighted by Gasteiger charge is 2.05. The van der Waals surface area contributed by atoms with E-state index < -0.39 is 0 Å². The van der Waals surface area contributed by atoms with Gasteiger partial charge in [-0.3, -0.25) is 5.41 Å². The van der Waals surface area contributed by atoms with E-state index in [1.165, 1.54) is 5.56 Å². The Bertz CT molecular complexity index is 582. The van der Waals surface area contributed by atoms with Crippen LogP contribution in [0.25, 0.3) is 0 Å². The molecule has 2 aromatic carbocycles. The van der Waals surface area contributed by atoms with Gasteiger partial charge in [0.1, 0.15) is 17.3 Å². The van der Waals surface area contributed by atoms with Gasteiger partial charge in [0.2, 0.25) is 0 Å². The molecule has 4 nitrogen and oxygen atoms in total. The molecule has 3 N–H and O–H groups in total. The second-order valence-electron chi connectivity index (χ2n) is 4.39. The highest BCUT2D eigenvalue weighted by atomic mass is 16.5. The predicted octanol–water partition coefficient (Wildman–Crippen LogP) is 2.60. The first-order chi connectivity index (χ1) is 9.69. The van der Waals surface area contributed by atoms with Crippen molar-refractivity contribution in [3.05, 3.63) is 59.7 Å². The van der Waals surface area contributed by atoms with Crippen molar-refractivity contribution in [2.45, 2.75) is 6.42 Å². The molecule has 20 heavy (non-hydrogen) atoms. The second-order valence-corrected chi connectivity index (χ2v) is 4.39. The first-order valence-electron chi connectivity index (χ1n) is 6.39. The zero-order chi connectivity index (χ0) is 14.4. The summed E-state index contributed by atoms with van der Waals surface area (Å²) in [7, 11) is 1.58. The van der Waals surface area contributed by atoms with Gasteiger partial charge in [0.05, 0.1) is 13.7 Å². The maximum atomic E-state index is 7.48. The molecule has 0 aliphatic heterocycles. The summed E-state index contributed by atoms with van der Waals surface area (Å²) in [6, 6.07) is 15.4. The molecule has 104 valence electrons. The largest absolute Gasteiger partial charge is 0.497 e. The lowest BCUT2D eigenvalue weighted by atomic mass is 10.1. The van der Waals surface area contributed by atoms with E-state index in [1.807, 2.05) is 18.2 Å². The van der Waals surface area contributed by atoms with E-state index in [-0.39, 0.29) is 5.84 Å². The number of benzene rings is 2. The van der Waals surface area contributed by atoms with E-state index in [4.69, 9.17) is 20.6 Å². The third kappa shape index (κ3) is 3.75. The summed E-state index contributed by atoms with van der Waals surface area (Å²) in [4.78, 5) is 0. The molecule has 4 heteroatoms. The maximum absolute atomic E-state index is 7.48. The minimum atomic E-state index is -0.00295. The summed E-state index contributed by atoms with van der Waals surface area (Å²) < 4.78 is 10.9. The molecule has 0 fully saturated rings. The fourth-order valence-corrected chi connectivity index (χ4v) is 1.86. The van der Waals surface area contributed by atoms with E-state index in [0.717, 1.165) is 6.42 Å². The number of nitrogen functional groups attached to an aromatic ring is 1. The number of nitrogens with two attached hydrogens (primary N) is 1. The molecular weight excluding hydrogens is 252 g/mol. The lowest BCUT2D eigenvalue weighted by Gasteiger charge is -2.10. The SMILES string of the molecule is COc1cc(OCCc2ccccc2)cc(C(=N)N)c1. The van der Waals surface area contributed by atoms with E-state index >= 15 is 0 Å². The highest BCUT2D eigenvalue weighted by molar-refractivity contribution is 5.95. The van der Waals surface area contributed by atoms with Gasteiger partial charge in [-0.05, 0) is 17.7 Å². The van der Waals surface area contributed by atoms with Gasteiger partial charge in [-0.1, -0.05) is 30.3 Å². The number of hydrogen-bond donors (Lipinski definition) is 2. The van der Waals surface area contributed by atoms with E-state index in [2.05, 4.69) is 12.1 Å². The van der Waals surface area contributed by atoms with Gasteiger partial charge in [-0.15, -0.1) is 0 Å². The molecule has 0 atom stereocenters. The Kier molecular flexibility index (Phi) is 4.60. The molecule has 0 unspecified atom stereocenters. The molecule has 0 aromatic heterocycles. The van der Waals surface area contributed by atoms with Gasteiger partial charge < -0.3 is 15.2 Å². The van der Waals surface area contributed by atoms with E-state index in [9.17, 15) is 0 Å². The Hall–Kier alpha value is -2.49. The molecule has 0 bridgehead atoms. The Morgan fingerprint density at radius 2 is 1.80 bits per heavy atom. The minimum absolute atomic E-state index is 0.00295. The van der Waals surface area contributed by atoms with Crippen molar-refractivity contribution in [1.29, 1.82) is 5.41 Å². The van der Waals surface area contributed by atoms with Gasteiger partial charge in [0.15, 0.2) is 0 Å². The Labute approximate surface area is 118 Å². The smallest absolute Gasteiger partial charge is 0.123 e. The quantitative estimate of drug-likeness (QED) is 0.626. The fraction of sp³-hybridized carbons (Fsp3) is 0.188. The van der Waals surface area contributed by atoms with Crippen LogP contribution in [-0.4, -0.2) is 19.6 Å². The molecule has 0 aliphatic carbocycles. The molecular formula is C16H18N2O2. The van der Waals surface area contributed by atoms with Gasteiger partial charge in [-0.25, -0.2) is 0 Å². The van der Waals surface area contributed by atoms with Crippen LogP contribution in [0.1, 0.15) is 11.1 Å². The normalized spacial score (nSPS) is 10.1. The van der Waals surface area contributed by atoms with Crippen LogP contribution in [0.3, 0.4) is 0 Å². The lowest BCUT2D eigenvalue weighted by molar-refractivity contribution is 0.319. The second kappa shape index (κ2) is 6.61. The first-order valence-corrected chi connectivity index (χ1v) is 6.39. The van der Waals surface area contributed by atoms with Gasteiger partial charge in [0, 0.05) is 18.1 Å². The Balaban J connectivity index is 2.02. The summed E-state index contributed by atoms with van der Waals surface area (Å²) in [6.45, 7) is 0.564. The number of hydrogen-bond acceptors (Lipinski definition) is 3. The highest BCUT2D eigenvalue weighted by Crippen LogP contribution is 2.22. The van der Waals surface area contributed by atoms with Gasteiger partial charge >= 0.3 is 0 Å². The van der Waals surface area contributed by atoms with Crippen LogP contribution >= 0.6 is 0 Å². The summed E-state index contributed by atoms with van der Waals surface area (Å²) in [5.41, 5.74) is 7.32. The van der Waals surface area contributed by atoms with Crippen LogP contribution in [0.4, 0.5) is 0 Å². The number of ether oxygens (including phenoxy) is 2. The van der Waals surface area contributed by atoms with Crippen molar-refractivity contribution in [3.63, 3.8) is 0 Å². The number of amidine groups is 1. The van der Waals surface area contributed by atoms with Crippen LogP contribution in [0.15, 0.2) is 48.5 Å². The molecule has 0 aliphatic rings. The standard InChI is InChI=1S/C16H18N2O2/c1-19-14-9-13(16(17)18)10-15(11-14)20-8-7-12-5-3-2-4-6-12/h2-6,9-11H,7-8H2,1H3,(H3,17,18). The predicted molar refractivity (Wildman–Crippen MR) is 79.7 cm³/mol. The van der Waals surface area contributed by atoms with Crippen LogP contribution in [-0.2, 0) is 6.42 Å². The average Bonchev–Trinajstić information content (AvgIpc) is 2.48. The Morgan fingerprint density at radius 1 is 1.10 bits per heavy atom. The molecule has 0 saturated carbocycles. The lowest BCUT2D eigenvalue weighted by Crippen LogP contribution is -2.11. The third-order valence-corrected chi connectivity index (χ3v) is 2.93. The van der Waals surface area contributed by atoms with Crippen LogP contribution in [0.2, 0.25) is 0 Å². The van der Waals surface area contributed by atoms with Crippen molar-refractivity contribution in [2.75, 3.05) is 13.7 Å². The molecule has 0 radical (unpaired) electrons. The zero-order valence-corrected chi connectivity index (χ0v) is 11.4. The van der Waals surface area contributed by atoms with Crippen molar-refractivity contribution in [2.24, 2.45) is 5.73 Å². The molecule has 0 heterocycles. The number of nitrogens with one attached hydrogen (secondary N) is 1. The number of rotatable bonds is 6. The number of methoxy groups -OCH3 is 1. The molecule has 2 aromatic rings. The average molecular weight is 270 g/mol. The third-order valence-electron chi connectivity index (χ3n) is 2.93. The fourth-order valence-electron chi connectivity index (χ4n) is 1.86. The van der Waals surface area contributed by atoms with Crippen molar-refractivity contribution in [1.82, 2.24) is 0 Å². The summed E-state index contributed by atoms with van der Waals surface area (Å²) >= 11 is 0. The van der Waals surface area contributed by atoms with E-state index in [1.54, 1.807) is 25.3 Å². The summed E-state index contributed by atoms with van der Waals surface area (Å²) in [5.74, 6) is 1.29.